The molecule has 1 spiro atoms. The number of aryl methyl sites for hydroxylation is 1. The Morgan fingerprint density at radius 1 is 1.11 bits per heavy atom. The van der Waals surface area contributed by atoms with Gasteiger partial charge in [0, 0.05) is 29.9 Å². The first-order valence-electron chi connectivity index (χ1n) is 12.3. The number of Topliss-reactive ketones (excluding diaryl/α,β-unsaturated/α-hetero) is 2. The Morgan fingerprint density at radius 3 is 2.61 bits per heavy atom. The lowest BCUT2D eigenvalue weighted by molar-refractivity contribution is -0.0139. The summed E-state index contributed by atoms with van der Waals surface area (Å²) in [7, 11) is 4.74. The topological polar surface area (TPSA) is 130 Å². The van der Waals surface area contributed by atoms with E-state index < -0.39 is 17.3 Å². The molecule has 11 heteroatoms. The second-order valence-electron chi connectivity index (χ2n) is 9.46. The van der Waals surface area contributed by atoms with Crippen molar-refractivity contribution in [3.63, 3.8) is 0 Å². The number of aromatic nitrogens is 5. The van der Waals surface area contributed by atoms with Crippen LogP contribution in [0, 0.1) is 5.92 Å². The van der Waals surface area contributed by atoms with Crippen LogP contribution in [0.5, 0.6) is 17.2 Å². The third kappa shape index (κ3) is 3.77. The number of benzene rings is 2. The highest BCUT2D eigenvalue weighted by molar-refractivity contribution is 6.19. The summed E-state index contributed by atoms with van der Waals surface area (Å²) >= 11 is 0. The molecule has 0 aliphatic carbocycles. The summed E-state index contributed by atoms with van der Waals surface area (Å²) in [5.74, 6) is -0.0321. The normalized spacial score (nSPS) is 18.2. The number of tetrazole rings is 1. The van der Waals surface area contributed by atoms with Gasteiger partial charge in [-0.1, -0.05) is 6.07 Å². The van der Waals surface area contributed by atoms with Crippen LogP contribution in [0.1, 0.15) is 33.7 Å². The maximum atomic E-state index is 14.2. The Kier molecular flexibility index (Phi) is 5.79. The number of hydrogen-bond donors (Lipinski definition) is 1. The largest absolute Gasteiger partial charge is 0.496 e. The van der Waals surface area contributed by atoms with E-state index in [9.17, 15) is 9.59 Å². The summed E-state index contributed by atoms with van der Waals surface area (Å²) in [5, 5.41) is 16.2. The molecule has 1 fully saturated rings. The van der Waals surface area contributed by atoms with Crippen LogP contribution in [0.4, 0.5) is 0 Å². The number of nitrogens with zero attached hydrogens (tertiary/aromatic N) is 5. The Morgan fingerprint density at radius 2 is 1.89 bits per heavy atom. The molecule has 38 heavy (non-hydrogen) atoms. The van der Waals surface area contributed by atoms with Gasteiger partial charge in [-0.15, -0.1) is 10.2 Å². The van der Waals surface area contributed by atoms with Gasteiger partial charge >= 0.3 is 0 Å². The molecule has 2 aromatic heterocycles. The van der Waals surface area contributed by atoms with Crippen molar-refractivity contribution in [2.24, 2.45) is 13.0 Å². The molecule has 0 saturated carbocycles. The first-order valence-corrected chi connectivity index (χ1v) is 12.3. The fourth-order valence-electron chi connectivity index (χ4n) is 5.42. The van der Waals surface area contributed by atoms with Crippen LogP contribution in [-0.2, 0) is 7.05 Å². The molecule has 11 nitrogen and oxygen atoms in total. The van der Waals surface area contributed by atoms with Crippen LogP contribution in [0.25, 0.3) is 22.3 Å². The zero-order valence-corrected chi connectivity index (χ0v) is 21.2. The summed E-state index contributed by atoms with van der Waals surface area (Å²) in [4.78, 5) is 34.4. The number of carbonyl (C=O) groups is 2. The molecule has 0 unspecified atom stereocenters. The number of piperidine rings is 1. The van der Waals surface area contributed by atoms with Crippen LogP contribution >= 0.6 is 0 Å². The molecule has 0 amide bonds. The van der Waals surface area contributed by atoms with Crippen molar-refractivity contribution in [1.82, 2.24) is 30.5 Å². The Labute approximate surface area is 218 Å². The summed E-state index contributed by atoms with van der Waals surface area (Å²) in [5.41, 5.74) is 0.523. The highest BCUT2D eigenvalue weighted by atomic mass is 16.5. The average molecular weight is 515 g/mol. The lowest BCUT2D eigenvalue weighted by Gasteiger charge is -2.45. The zero-order chi connectivity index (χ0) is 26.4. The molecule has 0 bridgehead atoms. The molecule has 2 aliphatic rings. The SMILES string of the molecule is COc1cc(C(=O)[C@H]2C(=O)c3cc(-c4nnn(C)n4)ccc3OC23CCNCC3)nc2c(OC)cccc12. The standard InChI is InChI=1S/C27H26N6O5/c1-33-31-26(30-32-33)15-7-8-19-17(13-15)24(34)22(27(38-19)9-11-28-12-10-27)25(35)18-14-21(37-3)16-5-4-6-20(36-2)23(16)29-18/h4-8,13-14,22,28H,9-12H2,1-3H3/t22-/m1/s1. The number of rotatable bonds is 5. The van der Waals surface area contributed by atoms with E-state index in [-0.39, 0.29) is 11.5 Å². The average Bonchev–Trinajstić information content (AvgIpc) is 3.38. The van der Waals surface area contributed by atoms with Crippen LogP contribution in [-0.4, -0.2) is 69.7 Å². The van der Waals surface area contributed by atoms with Gasteiger partial charge in [0.1, 0.15) is 40.0 Å². The minimum atomic E-state index is -1.09. The monoisotopic (exact) mass is 514 g/mol. The van der Waals surface area contributed by atoms with Crippen molar-refractivity contribution in [1.29, 1.82) is 0 Å². The highest BCUT2D eigenvalue weighted by Gasteiger charge is 2.54. The van der Waals surface area contributed by atoms with Gasteiger partial charge in [-0.2, -0.15) is 4.80 Å². The second kappa shape index (κ2) is 9.18. The summed E-state index contributed by atoms with van der Waals surface area (Å²) in [6.07, 6.45) is 0.992. The van der Waals surface area contributed by atoms with Gasteiger partial charge < -0.3 is 19.5 Å². The van der Waals surface area contributed by atoms with E-state index >= 15 is 0 Å². The van der Waals surface area contributed by atoms with E-state index in [0.717, 1.165) is 0 Å². The van der Waals surface area contributed by atoms with Crippen molar-refractivity contribution in [3.05, 3.63) is 53.7 Å². The Bertz CT molecular complexity index is 1580. The van der Waals surface area contributed by atoms with Crippen molar-refractivity contribution in [2.45, 2.75) is 18.4 Å². The summed E-state index contributed by atoms with van der Waals surface area (Å²) in [6, 6.07) is 12.2. The fraction of sp³-hybridized carbons (Fsp3) is 0.333. The molecular formula is C27H26N6O5. The van der Waals surface area contributed by atoms with Gasteiger partial charge in [0.05, 0.1) is 26.8 Å². The van der Waals surface area contributed by atoms with E-state index in [1.165, 1.54) is 11.9 Å². The molecule has 0 radical (unpaired) electrons. The molecule has 2 aliphatic heterocycles. The number of ether oxygens (including phenoxy) is 3. The number of ketones is 2. The Hall–Kier alpha value is -4.38. The number of fused-ring (bicyclic) bond motifs is 2. The van der Waals surface area contributed by atoms with Crippen molar-refractivity contribution in [2.75, 3.05) is 27.3 Å². The number of nitrogens with one attached hydrogen (secondary N) is 1. The fourth-order valence-corrected chi connectivity index (χ4v) is 5.42. The van der Waals surface area contributed by atoms with E-state index in [0.29, 0.717) is 71.0 Å². The first-order chi connectivity index (χ1) is 18.4. The minimum Gasteiger partial charge on any atom is -0.496 e. The first kappa shape index (κ1) is 24.0. The lowest BCUT2D eigenvalue weighted by atomic mass is 9.71. The van der Waals surface area contributed by atoms with Crippen molar-refractivity contribution >= 4 is 22.5 Å². The van der Waals surface area contributed by atoms with Crippen LogP contribution in [0.2, 0.25) is 0 Å². The zero-order valence-electron chi connectivity index (χ0n) is 21.2. The third-order valence-electron chi connectivity index (χ3n) is 7.28. The van der Waals surface area contributed by atoms with Gasteiger partial charge in [-0.3, -0.25) is 9.59 Å². The smallest absolute Gasteiger partial charge is 0.204 e. The Balaban J connectivity index is 1.48. The van der Waals surface area contributed by atoms with E-state index in [2.05, 4.69) is 25.7 Å². The summed E-state index contributed by atoms with van der Waals surface area (Å²) < 4.78 is 17.6. The van der Waals surface area contributed by atoms with E-state index in [1.54, 1.807) is 44.5 Å². The predicted molar refractivity (Wildman–Crippen MR) is 137 cm³/mol. The van der Waals surface area contributed by atoms with Gasteiger partial charge in [-0.05, 0) is 48.6 Å². The second-order valence-corrected chi connectivity index (χ2v) is 9.46. The number of hydrogen-bond acceptors (Lipinski definition) is 10. The van der Waals surface area contributed by atoms with Crippen molar-refractivity contribution < 1.29 is 23.8 Å². The van der Waals surface area contributed by atoms with Gasteiger partial charge in [0.15, 0.2) is 11.6 Å². The van der Waals surface area contributed by atoms with Crippen LogP contribution < -0.4 is 19.5 Å². The number of carbonyl (C=O) groups excluding carboxylic acids is 2. The maximum Gasteiger partial charge on any atom is 0.204 e. The number of pyridine rings is 1. The van der Waals surface area contributed by atoms with E-state index in [1.807, 2.05) is 12.1 Å². The van der Waals surface area contributed by atoms with Gasteiger partial charge in [-0.25, -0.2) is 4.98 Å². The molecule has 1 atom stereocenters. The van der Waals surface area contributed by atoms with Gasteiger partial charge in [0.25, 0.3) is 0 Å². The van der Waals surface area contributed by atoms with E-state index in [4.69, 9.17) is 14.2 Å². The molecule has 2 aromatic carbocycles. The van der Waals surface area contributed by atoms with Gasteiger partial charge in [0.2, 0.25) is 5.82 Å². The number of para-hydroxylation sites is 1. The lowest BCUT2D eigenvalue weighted by Crippen LogP contribution is -2.58. The quantitative estimate of drug-likeness (QED) is 0.313. The number of methoxy groups -OCH3 is 2. The molecule has 4 aromatic rings. The maximum absolute atomic E-state index is 14.2. The predicted octanol–water partition coefficient (Wildman–Crippen LogP) is 2.64. The summed E-state index contributed by atoms with van der Waals surface area (Å²) in [6.45, 7) is 1.24. The molecule has 4 heterocycles. The molecule has 1 N–H and O–H groups in total. The highest BCUT2D eigenvalue weighted by Crippen LogP contribution is 2.44. The minimum absolute atomic E-state index is 0.119. The van der Waals surface area contributed by atoms with Crippen LogP contribution in [0.3, 0.4) is 0 Å². The molecule has 1 saturated heterocycles. The molecular weight excluding hydrogens is 488 g/mol. The van der Waals surface area contributed by atoms with Crippen molar-refractivity contribution in [3.8, 4) is 28.6 Å². The van der Waals surface area contributed by atoms with Crippen LogP contribution in [0.15, 0.2) is 42.5 Å². The molecule has 6 rings (SSSR count). The molecule has 194 valence electrons. The third-order valence-corrected chi connectivity index (χ3v) is 7.28.